The maximum absolute atomic E-state index is 11.3. The lowest BCUT2D eigenvalue weighted by Gasteiger charge is -2.22. The van der Waals surface area contributed by atoms with E-state index in [1.54, 1.807) is 6.20 Å². The number of halogens is 1. The van der Waals surface area contributed by atoms with E-state index in [4.69, 9.17) is 11.6 Å². The fraction of sp³-hybridized carbons (Fsp3) is 0.600. The summed E-state index contributed by atoms with van der Waals surface area (Å²) in [6.45, 7) is 3.84. The fourth-order valence-electron chi connectivity index (χ4n) is 1.88. The highest BCUT2D eigenvalue weighted by Gasteiger charge is 2.16. The SMILES string of the molecule is CN1CCCN(c2cn[nH]c(=O)c2Cl)CC1. The molecule has 0 radical (unpaired) electrons. The van der Waals surface area contributed by atoms with Gasteiger partial charge in [-0.1, -0.05) is 11.6 Å². The monoisotopic (exact) mass is 242 g/mol. The van der Waals surface area contributed by atoms with E-state index >= 15 is 0 Å². The summed E-state index contributed by atoms with van der Waals surface area (Å²) in [5.74, 6) is 0. The molecule has 1 aromatic rings. The van der Waals surface area contributed by atoms with E-state index in [0.29, 0.717) is 0 Å². The molecule has 0 aromatic carbocycles. The smallest absolute Gasteiger partial charge is 0.285 e. The molecule has 1 aromatic heterocycles. The summed E-state index contributed by atoms with van der Waals surface area (Å²) in [5.41, 5.74) is 0.414. The minimum atomic E-state index is -0.322. The highest BCUT2D eigenvalue weighted by molar-refractivity contribution is 6.32. The van der Waals surface area contributed by atoms with Gasteiger partial charge in [-0.05, 0) is 20.0 Å². The average Bonchev–Trinajstić information content (AvgIpc) is 2.47. The lowest BCUT2D eigenvalue weighted by molar-refractivity contribution is 0.360. The van der Waals surface area contributed by atoms with Crippen LogP contribution in [0.5, 0.6) is 0 Å². The first-order valence-corrected chi connectivity index (χ1v) is 5.73. The molecule has 0 aliphatic carbocycles. The molecule has 2 rings (SSSR count). The molecule has 0 saturated carbocycles. The molecule has 1 aliphatic rings. The van der Waals surface area contributed by atoms with Crippen LogP contribution < -0.4 is 10.5 Å². The molecule has 0 bridgehead atoms. The Labute approximate surface area is 99.0 Å². The number of aromatic nitrogens is 2. The van der Waals surface area contributed by atoms with Crippen LogP contribution in [0.1, 0.15) is 6.42 Å². The molecule has 0 unspecified atom stereocenters. The van der Waals surface area contributed by atoms with Gasteiger partial charge in [0.15, 0.2) is 0 Å². The van der Waals surface area contributed by atoms with Crippen LogP contribution in [-0.2, 0) is 0 Å². The molecule has 0 atom stereocenters. The largest absolute Gasteiger partial charge is 0.368 e. The van der Waals surface area contributed by atoms with Crippen molar-refractivity contribution in [2.75, 3.05) is 38.1 Å². The Bertz CT molecular complexity index is 420. The molecule has 1 fully saturated rings. The molecule has 5 nitrogen and oxygen atoms in total. The predicted octanol–water partition coefficient (Wildman–Crippen LogP) is 0.565. The molecule has 0 spiro atoms. The predicted molar refractivity (Wildman–Crippen MR) is 64.2 cm³/mol. The van der Waals surface area contributed by atoms with Gasteiger partial charge in [-0.25, -0.2) is 5.10 Å². The second-order valence-corrected chi connectivity index (χ2v) is 4.42. The van der Waals surface area contributed by atoms with Crippen LogP contribution in [0, 0.1) is 0 Å². The van der Waals surface area contributed by atoms with E-state index in [-0.39, 0.29) is 10.6 Å². The molecule has 6 heteroatoms. The Hall–Kier alpha value is -1.07. The van der Waals surface area contributed by atoms with Gasteiger partial charge in [-0.3, -0.25) is 4.79 Å². The van der Waals surface area contributed by atoms with Crippen molar-refractivity contribution in [1.29, 1.82) is 0 Å². The topological polar surface area (TPSA) is 52.2 Å². The van der Waals surface area contributed by atoms with Crippen LogP contribution >= 0.6 is 11.6 Å². The maximum Gasteiger partial charge on any atom is 0.285 e. The normalized spacial score (nSPS) is 18.5. The molecular formula is C10H15ClN4O. The van der Waals surface area contributed by atoms with Gasteiger partial charge in [0.25, 0.3) is 5.56 Å². The van der Waals surface area contributed by atoms with E-state index < -0.39 is 0 Å². The summed E-state index contributed by atoms with van der Waals surface area (Å²) in [6, 6.07) is 0. The summed E-state index contributed by atoms with van der Waals surface area (Å²) in [4.78, 5) is 15.7. The highest BCUT2D eigenvalue weighted by Crippen LogP contribution is 2.21. The van der Waals surface area contributed by atoms with Crippen LogP contribution in [0.2, 0.25) is 5.02 Å². The Morgan fingerprint density at radius 1 is 1.38 bits per heavy atom. The van der Waals surface area contributed by atoms with Gasteiger partial charge >= 0.3 is 0 Å². The Kier molecular flexibility index (Phi) is 3.46. The second-order valence-electron chi connectivity index (χ2n) is 4.04. The second kappa shape index (κ2) is 4.84. The summed E-state index contributed by atoms with van der Waals surface area (Å²) >= 11 is 5.98. The van der Waals surface area contributed by atoms with Crippen LogP contribution in [0.3, 0.4) is 0 Å². The van der Waals surface area contributed by atoms with Crippen LogP contribution in [0.4, 0.5) is 5.69 Å². The van der Waals surface area contributed by atoms with E-state index in [1.165, 1.54) is 0 Å². The van der Waals surface area contributed by atoms with Gasteiger partial charge in [0.05, 0.1) is 11.9 Å². The first kappa shape index (κ1) is 11.4. The van der Waals surface area contributed by atoms with Gasteiger partial charge in [-0.2, -0.15) is 5.10 Å². The number of likely N-dealkylation sites (N-methyl/N-ethyl adjacent to an activating group) is 1. The average molecular weight is 243 g/mol. The minimum absolute atomic E-state index is 0.236. The number of rotatable bonds is 1. The zero-order valence-corrected chi connectivity index (χ0v) is 10.00. The number of nitrogens with zero attached hydrogens (tertiary/aromatic N) is 3. The number of H-pyrrole nitrogens is 1. The molecular weight excluding hydrogens is 228 g/mol. The Morgan fingerprint density at radius 3 is 3.00 bits per heavy atom. The van der Waals surface area contributed by atoms with Crippen LogP contribution in [0.15, 0.2) is 11.0 Å². The van der Waals surface area contributed by atoms with Crippen molar-refractivity contribution in [3.63, 3.8) is 0 Å². The maximum atomic E-state index is 11.3. The van der Waals surface area contributed by atoms with Crippen LogP contribution in [0.25, 0.3) is 0 Å². The quantitative estimate of drug-likeness (QED) is 0.782. The van der Waals surface area contributed by atoms with E-state index in [2.05, 4.69) is 27.0 Å². The van der Waals surface area contributed by atoms with Crippen molar-refractivity contribution in [3.8, 4) is 0 Å². The summed E-state index contributed by atoms with van der Waals surface area (Å²) in [5, 5.41) is 6.36. The standard InChI is InChI=1S/C10H15ClN4O/c1-14-3-2-4-15(6-5-14)8-7-12-13-10(16)9(8)11/h7H,2-6H2,1H3,(H,13,16). The van der Waals surface area contributed by atoms with Crippen molar-refractivity contribution in [3.05, 3.63) is 21.6 Å². The minimum Gasteiger partial charge on any atom is -0.368 e. The molecule has 16 heavy (non-hydrogen) atoms. The first-order valence-electron chi connectivity index (χ1n) is 5.35. The zero-order chi connectivity index (χ0) is 11.5. The lowest BCUT2D eigenvalue weighted by Crippen LogP contribution is -2.30. The number of hydrogen-bond acceptors (Lipinski definition) is 4. The summed E-state index contributed by atoms with van der Waals surface area (Å²) in [6.07, 6.45) is 2.69. The van der Waals surface area contributed by atoms with E-state index in [0.717, 1.165) is 38.3 Å². The third kappa shape index (κ3) is 2.36. The fourth-order valence-corrected chi connectivity index (χ4v) is 2.09. The Morgan fingerprint density at radius 2 is 2.19 bits per heavy atom. The molecule has 2 heterocycles. The third-order valence-corrected chi connectivity index (χ3v) is 3.20. The summed E-state index contributed by atoms with van der Waals surface area (Å²) in [7, 11) is 2.10. The van der Waals surface area contributed by atoms with E-state index in [9.17, 15) is 4.79 Å². The van der Waals surface area contributed by atoms with Gasteiger partial charge in [0.1, 0.15) is 5.02 Å². The number of aromatic amines is 1. The van der Waals surface area contributed by atoms with E-state index in [1.807, 2.05) is 0 Å². The number of hydrogen-bond donors (Lipinski definition) is 1. The van der Waals surface area contributed by atoms with Gasteiger partial charge < -0.3 is 9.80 Å². The van der Waals surface area contributed by atoms with Crippen molar-refractivity contribution < 1.29 is 0 Å². The zero-order valence-electron chi connectivity index (χ0n) is 9.24. The molecule has 1 saturated heterocycles. The first-order chi connectivity index (χ1) is 7.68. The third-order valence-electron chi connectivity index (χ3n) is 2.84. The summed E-state index contributed by atoms with van der Waals surface area (Å²) < 4.78 is 0. The number of nitrogens with one attached hydrogen (secondary N) is 1. The molecule has 88 valence electrons. The molecule has 1 N–H and O–H groups in total. The van der Waals surface area contributed by atoms with Crippen molar-refractivity contribution in [2.24, 2.45) is 0 Å². The van der Waals surface area contributed by atoms with Crippen molar-refractivity contribution in [2.45, 2.75) is 6.42 Å². The van der Waals surface area contributed by atoms with Gasteiger partial charge in [0.2, 0.25) is 0 Å². The molecule has 1 aliphatic heterocycles. The van der Waals surface area contributed by atoms with Crippen molar-refractivity contribution >= 4 is 17.3 Å². The lowest BCUT2D eigenvalue weighted by atomic mass is 10.3. The van der Waals surface area contributed by atoms with Gasteiger partial charge in [-0.15, -0.1) is 0 Å². The highest BCUT2D eigenvalue weighted by atomic mass is 35.5. The van der Waals surface area contributed by atoms with Crippen LogP contribution in [-0.4, -0.2) is 48.3 Å². The Balaban J connectivity index is 2.23. The van der Waals surface area contributed by atoms with Gasteiger partial charge in [0, 0.05) is 19.6 Å². The van der Waals surface area contributed by atoms with Crippen molar-refractivity contribution in [1.82, 2.24) is 15.1 Å². The molecule has 0 amide bonds. The number of anilines is 1.